The maximum atomic E-state index is 13.0. The Hall–Kier alpha value is -2.76. The van der Waals surface area contributed by atoms with E-state index in [2.05, 4.69) is 10.3 Å². The van der Waals surface area contributed by atoms with Crippen molar-refractivity contribution in [1.82, 2.24) is 15.2 Å². The fourth-order valence-electron chi connectivity index (χ4n) is 3.16. The number of hydrogen-bond acceptors (Lipinski definition) is 3. The quantitative estimate of drug-likeness (QED) is 0.917. The summed E-state index contributed by atoms with van der Waals surface area (Å²) in [5, 5.41) is 3.00. The third kappa shape index (κ3) is 4.25. The summed E-state index contributed by atoms with van der Waals surface area (Å²) in [6.07, 6.45) is 2.94. The molecule has 0 radical (unpaired) electrons. The van der Waals surface area contributed by atoms with Crippen molar-refractivity contribution in [1.29, 1.82) is 0 Å². The number of carbonyl (C=O) groups excluding carboxylic acids is 2. The van der Waals surface area contributed by atoms with Gasteiger partial charge in [-0.15, -0.1) is 0 Å². The predicted octanol–water partition coefficient (Wildman–Crippen LogP) is 2.95. The van der Waals surface area contributed by atoms with Gasteiger partial charge in [0.15, 0.2) is 0 Å². The van der Waals surface area contributed by atoms with E-state index in [4.69, 9.17) is 0 Å². The summed E-state index contributed by atoms with van der Waals surface area (Å²) in [5.41, 5.74) is 1.29. The molecule has 1 fully saturated rings. The van der Waals surface area contributed by atoms with Gasteiger partial charge in [0.05, 0.1) is 11.7 Å². The Labute approximate surface area is 152 Å². The number of piperidine rings is 1. The second-order valence-corrected chi connectivity index (χ2v) is 6.56. The van der Waals surface area contributed by atoms with Gasteiger partial charge in [-0.2, -0.15) is 0 Å². The number of rotatable bonds is 4. The van der Waals surface area contributed by atoms with Crippen molar-refractivity contribution in [2.24, 2.45) is 5.92 Å². The molecule has 1 aromatic heterocycles. The molecule has 1 aromatic carbocycles. The molecule has 3 rings (SSSR count). The molecule has 26 heavy (non-hydrogen) atoms. The molecule has 1 aliphatic rings. The van der Waals surface area contributed by atoms with Gasteiger partial charge in [-0.1, -0.05) is 6.07 Å². The molecule has 1 saturated heterocycles. The van der Waals surface area contributed by atoms with Crippen molar-refractivity contribution in [2.75, 3.05) is 13.1 Å². The molecule has 5 nitrogen and oxygen atoms in total. The number of aromatic nitrogens is 1. The third-order valence-corrected chi connectivity index (χ3v) is 4.73. The van der Waals surface area contributed by atoms with Gasteiger partial charge in [-0.3, -0.25) is 14.6 Å². The number of hydrogen-bond donors (Lipinski definition) is 1. The molecule has 1 aliphatic heterocycles. The Kier molecular flexibility index (Phi) is 5.61. The summed E-state index contributed by atoms with van der Waals surface area (Å²) in [6.45, 7) is 2.95. The smallest absolute Gasteiger partial charge is 0.253 e. The van der Waals surface area contributed by atoms with Crippen LogP contribution in [0, 0.1) is 11.7 Å². The van der Waals surface area contributed by atoms with Crippen molar-refractivity contribution in [3.8, 4) is 0 Å². The monoisotopic (exact) mass is 355 g/mol. The molecule has 0 aliphatic carbocycles. The van der Waals surface area contributed by atoms with Crippen LogP contribution in [0.25, 0.3) is 0 Å². The third-order valence-electron chi connectivity index (χ3n) is 4.73. The first-order valence-corrected chi connectivity index (χ1v) is 8.81. The van der Waals surface area contributed by atoms with Gasteiger partial charge in [0.1, 0.15) is 5.82 Å². The zero-order valence-electron chi connectivity index (χ0n) is 14.7. The van der Waals surface area contributed by atoms with Gasteiger partial charge in [0.2, 0.25) is 5.91 Å². The number of likely N-dealkylation sites (tertiary alicyclic amines) is 1. The molecule has 6 heteroatoms. The van der Waals surface area contributed by atoms with Crippen molar-refractivity contribution < 1.29 is 14.0 Å². The summed E-state index contributed by atoms with van der Waals surface area (Å²) in [6, 6.07) is 11.0. The number of pyridine rings is 1. The molecule has 0 bridgehead atoms. The van der Waals surface area contributed by atoms with E-state index < -0.39 is 0 Å². The first-order chi connectivity index (χ1) is 12.5. The van der Waals surface area contributed by atoms with Crippen LogP contribution in [0.1, 0.15) is 41.9 Å². The van der Waals surface area contributed by atoms with E-state index >= 15 is 0 Å². The highest BCUT2D eigenvalue weighted by molar-refractivity contribution is 5.94. The van der Waals surface area contributed by atoms with Crippen LogP contribution in [-0.4, -0.2) is 34.8 Å². The van der Waals surface area contributed by atoms with E-state index in [-0.39, 0.29) is 29.6 Å². The van der Waals surface area contributed by atoms with Crippen LogP contribution in [0.2, 0.25) is 0 Å². The summed E-state index contributed by atoms with van der Waals surface area (Å²) < 4.78 is 13.0. The lowest BCUT2D eigenvalue weighted by Gasteiger charge is -2.32. The molecular formula is C20H22FN3O2. The number of nitrogens with zero attached hydrogens (tertiary/aromatic N) is 2. The van der Waals surface area contributed by atoms with Crippen LogP contribution in [0.5, 0.6) is 0 Å². The minimum atomic E-state index is -0.362. The van der Waals surface area contributed by atoms with Crippen LogP contribution in [0.4, 0.5) is 4.39 Å². The molecule has 1 N–H and O–H groups in total. The highest BCUT2D eigenvalue weighted by atomic mass is 19.1. The first-order valence-electron chi connectivity index (χ1n) is 8.81. The van der Waals surface area contributed by atoms with Crippen molar-refractivity contribution >= 4 is 11.8 Å². The van der Waals surface area contributed by atoms with Crippen LogP contribution >= 0.6 is 0 Å². The Balaban J connectivity index is 1.52. The minimum absolute atomic E-state index is 0.00275. The lowest BCUT2D eigenvalue weighted by molar-refractivity contribution is -0.127. The zero-order valence-corrected chi connectivity index (χ0v) is 14.7. The minimum Gasteiger partial charge on any atom is -0.348 e. The molecular weight excluding hydrogens is 333 g/mol. The van der Waals surface area contributed by atoms with Gasteiger partial charge >= 0.3 is 0 Å². The number of nitrogens with one attached hydrogen (secondary N) is 1. The van der Waals surface area contributed by atoms with Crippen molar-refractivity contribution in [3.05, 3.63) is 65.7 Å². The average molecular weight is 355 g/mol. The van der Waals surface area contributed by atoms with Gasteiger partial charge in [0, 0.05) is 30.8 Å². The molecule has 2 aromatic rings. The topological polar surface area (TPSA) is 62.3 Å². The van der Waals surface area contributed by atoms with Gasteiger partial charge in [0.25, 0.3) is 5.91 Å². The number of benzene rings is 1. The van der Waals surface area contributed by atoms with Crippen LogP contribution in [0.15, 0.2) is 48.7 Å². The lowest BCUT2D eigenvalue weighted by atomic mass is 9.95. The fourth-order valence-corrected chi connectivity index (χ4v) is 3.16. The van der Waals surface area contributed by atoms with E-state index in [0.717, 1.165) is 5.69 Å². The summed E-state index contributed by atoms with van der Waals surface area (Å²) in [7, 11) is 0. The maximum absolute atomic E-state index is 13.0. The summed E-state index contributed by atoms with van der Waals surface area (Å²) >= 11 is 0. The van der Waals surface area contributed by atoms with Gasteiger partial charge < -0.3 is 10.2 Å². The van der Waals surface area contributed by atoms with Gasteiger partial charge in [-0.25, -0.2) is 4.39 Å². The van der Waals surface area contributed by atoms with Crippen LogP contribution in [-0.2, 0) is 4.79 Å². The molecule has 0 saturated carbocycles. The average Bonchev–Trinajstić information content (AvgIpc) is 2.69. The van der Waals surface area contributed by atoms with E-state index in [0.29, 0.717) is 31.5 Å². The Morgan fingerprint density at radius 3 is 2.46 bits per heavy atom. The Morgan fingerprint density at radius 2 is 1.85 bits per heavy atom. The summed E-state index contributed by atoms with van der Waals surface area (Å²) in [5.74, 6) is -0.597. The predicted molar refractivity (Wildman–Crippen MR) is 95.8 cm³/mol. The molecule has 1 atom stereocenters. The van der Waals surface area contributed by atoms with Crippen LogP contribution < -0.4 is 5.32 Å². The fraction of sp³-hybridized carbons (Fsp3) is 0.350. The molecule has 2 heterocycles. The molecule has 136 valence electrons. The maximum Gasteiger partial charge on any atom is 0.253 e. The molecule has 0 spiro atoms. The van der Waals surface area contributed by atoms with Crippen molar-refractivity contribution in [2.45, 2.75) is 25.8 Å². The standard InChI is InChI=1S/C20H22FN3O2/c1-14(18-4-2-3-11-22-18)23-19(25)15-9-12-24(13-10-15)20(26)16-5-7-17(21)8-6-16/h2-8,11,14-15H,9-10,12-13H2,1H3,(H,23,25). The second-order valence-electron chi connectivity index (χ2n) is 6.56. The van der Waals surface area contributed by atoms with E-state index in [1.807, 2.05) is 25.1 Å². The largest absolute Gasteiger partial charge is 0.348 e. The number of carbonyl (C=O) groups is 2. The lowest BCUT2D eigenvalue weighted by Crippen LogP contribution is -2.43. The molecule has 1 unspecified atom stereocenters. The van der Waals surface area contributed by atoms with Crippen LogP contribution in [0.3, 0.4) is 0 Å². The Morgan fingerprint density at radius 1 is 1.15 bits per heavy atom. The summed E-state index contributed by atoms with van der Waals surface area (Å²) in [4.78, 5) is 30.9. The second kappa shape index (κ2) is 8.08. The SMILES string of the molecule is CC(NC(=O)C1CCN(C(=O)c2ccc(F)cc2)CC1)c1ccccn1. The number of halogens is 1. The van der Waals surface area contributed by atoms with Crippen molar-refractivity contribution in [3.63, 3.8) is 0 Å². The Bertz CT molecular complexity index is 756. The normalized spacial score (nSPS) is 16.2. The van der Waals surface area contributed by atoms with Gasteiger partial charge in [-0.05, 0) is 56.2 Å². The first kappa shape index (κ1) is 18.0. The molecule has 2 amide bonds. The van der Waals surface area contributed by atoms with E-state index in [1.54, 1.807) is 11.1 Å². The highest BCUT2D eigenvalue weighted by Gasteiger charge is 2.28. The number of amides is 2. The zero-order chi connectivity index (χ0) is 18.5. The highest BCUT2D eigenvalue weighted by Crippen LogP contribution is 2.21. The van der Waals surface area contributed by atoms with E-state index in [9.17, 15) is 14.0 Å². The van der Waals surface area contributed by atoms with E-state index in [1.165, 1.54) is 24.3 Å².